The fraction of sp³-hybridized carbons (Fsp3) is 0.312. The lowest BCUT2D eigenvalue weighted by Gasteiger charge is -2.13. The van der Waals surface area contributed by atoms with Crippen molar-refractivity contribution in [3.05, 3.63) is 42.1 Å². The number of nitrogens with one attached hydrogen (secondary N) is 1. The molecule has 1 aliphatic rings. The minimum Gasteiger partial charge on any atom is -0.359 e. The summed E-state index contributed by atoms with van der Waals surface area (Å²) in [6.07, 6.45) is 1.18. The first-order valence-electron chi connectivity index (χ1n) is 6.92. The lowest BCUT2D eigenvalue weighted by molar-refractivity contribution is -0.137. The van der Waals surface area contributed by atoms with E-state index in [9.17, 15) is 14.4 Å². The van der Waals surface area contributed by atoms with Gasteiger partial charge < -0.3 is 5.32 Å². The molecule has 1 aromatic rings. The molecule has 0 spiro atoms. The summed E-state index contributed by atoms with van der Waals surface area (Å²) in [4.78, 5) is 36.3. The van der Waals surface area contributed by atoms with E-state index in [-0.39, 0.29) is 37.0 Å². The molecule has 5 nitrogen and oxygen atoms in total. The molecule has 2 rings (SSSR count). The van der Waals surface area contributed by atoms with Crippen molar-refractivity contribution in [1.82, 2.24) is 4.90 Å². The van der Waals surface area contributed by atoms with Crippen LogP contribution >= 0.6 is 0 Å². The van der Waals surface area contributed by atoms with Gasteiger partial charge in [-0.3, -0.25) is 19.3 Å². The number of carbonyl (C=O) groups excluding carboxylic acids is 3. The lowest BCUT2D eigenvalue weighted by atomic mass is 10.1. The second-order valence-corrected chi connectivity index (χ2v) is 4.96. The van der Waals surface area contributed by atoms with Gasteiger partial charge in [0.05, 0.1) is 6.54 Å². The minimum absolute atomic E-state index is 0.185. The van der Waals surface area contributed by atoms with E-state index in [1.54, 1.807) is 18.2 Å². The highest BCUT2D eigenvalue weighted by molar-refractivity contribution is 6.08. The summed E-state index contributed by atoms with van der Waals surface area (Å²) in [7, 11) is 0. The Morgan fingerprint density at radius 1 is 1.29 bits per heavy atom. The van der Waals surface area contributed by atoms with Crippen LogP contribution in [0.4, 0.5) is 5.69 Å². The molecule has 0 radical (unpaired) electrons. The van der Waals surface area contributed by atoms with E-state index in [2.05, 4.69) is 11.9 Å². The Morgan fingerprint density at radius 3 is 2.57 bits per heavy atom. The van der Waals surface area contributed by atoms with Crippen molar-refractivity contribution >= 4 is 23.3 Å². The normalized spacial score (nSPS) is 14.4. The summed E-state index contributed by atoms with van der Waals surface area (Å²) < 4.78 is 0. The van der Waals surface area contributed by atoms with Gasteiger partial charge in [0, 0.05) is 29.8 Å². The van der Waals surface area contributed by atoms with Crippen molar-refractivity contribution < 1.29 is 14.4 Å². The highest BCUT2D eigenvalue weighted by Gasteiger charge is 2.30. The van der Waals surface area contributed by atoms with Crippen molar-refractivity contribution in [1.29, 1.82) is 0 Å². The fourth-order valence-electron chi connectivity index (χ4n) is 2.10. The molecule has 0 saturated carbocycles. The molecule has 0 aromatic heterocycles. The number of amides is 2. The Labute approximate surface area is 123 Å². The molecule has 1 fully saturated rings. The highest BCUT2D eigenvalue weighted by Crippen LogP contribution is 2.16. The highest BCUT2D eigenvalue weighted by atomic mass is 16.2. The Hall–Kier alpha value is -2.43. The Bertz CT molecular complexity index is 591. The van der Waals surface area contributed by atoms with Crippen LogP contribution in [0.25, 0.3) is 0 Å². The van der Waals surface area contributed by atoms with E-state index in [1.807, 2.05) is 13.0 Å². The molecule has 0 unspecified atom stereocenters. The van der Waals surface area contributed by atoms with Gasteiger partial charge in [0.1, 0.15) is 0 Å². The summed E-state index contributed by atoms with van der Waals surface area (Å²) in [6.45, 7) is 5.65. The van der Waals surface area contributed by atoms with Gasteiger partial charge in [0.2, 0.25) is 11.8 Å². The topological polar surface area (TPSA) is 66.5 Å². The van der Waals surface area contributed by atoms with E-state index >= 15 is 0 Å². The van der Waals surface area contributed by atoms with Crippen LogP contribution in [0, 0.1) is 0 Å². The van der Waals surface area contributed by atoms with Crippen LogP contribution in [0.2, 0.25) is 0 Å². The zero-order valence-corrected chi connectivity index (χ0v) is 12.0. The average Bonchev–Trinajstić information content (AvgIpc) is 2.79. The third-order valence-corrected chi connectivity index (χ3v) is 3.39. The van der Waals surface area contributed by atoms with Gasteiger partial charge in [-0.2, -0.15) is 0 Å². The molecule has 0 atom stereocenters. The monoisotopic (exact) mass is 286 g/mol. The number of Topliss-reactive ketones (excluding diaryl/α,β-unsaturated/α-hetero) is 1. The molecule has 1 N–H and O–H groups in total. The second-order valence-electron chi connectivity index (χ2n) is 4.96. The van der Waals surface area contributed by atoms with Crippen LogP contribution in [0.15, 0.2) is 36.5 Å². The average molecular weight is 286 g/mol. The van der Waals surface area contributed by atoms with E-state index in [1.165, 1.54) is 0 Å². The van der Waals surface area contributed by atoms with Gasteiger partial charge in [-0.15, -0.1) is 0 Å². The molecule has 5 heteroatoms. The smallest absolute Gasteiger partial charge is 0.230 e. The summed E-state index contributed by atoms with van der Waals surface area (Å²) in [5, 5.41) is 3.10. The van der Waals surface area contributed by atoms with Gasteiger partial charge in [-0.1, -0.05) is 25.6 Å². The van der Waals surface area contributed by atoms with E-state index in [4.69, 9.17) is 0 Å². The molecule has 1 aromatic carbocycles. The maximum absolute atomic E-state index is 12.2. The van der Waals surface area contributed by atoms with Gasteiger partial charge in [-0.05, 0) is 18.6 Å². The number of hydrogen-bond acceptors (Lipinski definition) is 4. The quantitative estimate of drug-likeness (QED) is 0.644. The third kappa shape index (κ3) is 3.56. The number of rotatable bonds is 6. The van der Waals surface area contributed by atoms with Gasteiger partial charge in [0.25, 0.3) is 0 Å². The van der Waals surface area contributed by atoms with Crippen molar-refractivity contribution in [3.8, 4) is 0 Å². The van der Waals surface area contributed by atoms with Gasteiger partial charge in [0.15, 0.2) is 5.78 Å². The second kappa shape index (κ2) is 6.35. The van der Waals surface area contributed by atoms with E-state index < -0.39 is 0 Å². The predicted octanol–water partition coefficient (Wildman–Crippen LogP) is 2.35. The van der Waals surface area contributed by atoms with E-state index in [0.717, 1.165) is 22.7 Å². The maximum atomic E-state index is 12.2. The van der Waals surface area contributed by atoms with Crippen molar-refractivity contribution in [2.45, 2.75) is 26.2 Å². The number of benzene rings is 1. The minimum atomic E-state index is -0.276. The zero-order valence-electron chi connectivity index (χ0n) is 12.0. The van der Waals surface area contributed by atoms with Crippen LogP contribution in [0.5, 0.6) is 0 Å². The molecule has 0 bridgehead atoms. The van der Waals surface area contributed by atoms with Crippen molar-refractivity contribution in [3.63, 3.8) is 0 Å². The largest absolute Gasteiger partial charge is 0.359 e. The summed E-state index contributed by atoms with van der Waals surface area (Å²) in [5.74, 6) is -0.798. The lowest BCUT2D eigenvalue weighted by Crippen LogP contribution is -2.34. The molecule has 1 saturated heterocycles. The number of imide groups is 1. The van der Waals surface area contributed by atoms with Crippen LogP contribution < -0.4 is 5.32 Å². The predicted molar refractivity (Wildman–Crippen MR) is 79.8 cm³/mol. The first-order valence-corrected chi connectivity index (χ1v) is 6.92. The summed E-state index contributed by atoms with van der Waals surface area (Å²) >= 11 is 0. The number of hydrogen-bond donors (Lipinski definition) is 1. The molecule has 0 aliphatic carbocycles. The number of carbonyl (C=O) groups is 3. The molecule has 1 aliphatic heterocycles. The van der Waals surface area contributed by atoms with Crippen LogP contribution in [0.1, 0.15) is 36.5 Å². The SMILES string of the molecule is C=C(CC)Nc1cccc(C(=O)CN2C(=O)CCC2=O)c1. The first-order chi connectivity index (χ1) is 10.0. The molecule has 2 amide bonds. The van der Waals surface area contributed by atoms with Crippen LogP contribution in [0.3, 0.4) is 0 Å². The third-order valence-electron chi connectivity index (χ3n) is 3.39. The Morgan fingerprint density at radius 2 is 1.95 bits per heavy atom. The maximum Gasteiger partial charge on any atom is 0.230 e. The number of anilines is 1. The number of allylic oxidation sites excluding steroid dienone is 1. The number of ketones is 1. The molecular weight excluding hydrogens is 268 g/mol. The number of nitrogens with zero attached hydrogens (tertiary/aromatic N) is 1. The van der Waals surface area contributed by atoms with Crippen molar-refractivity contribution in [2.24, 2.45) is 0 Å². The van der Waals surface area contributed by atoms with Crippen LogP contribution in [-0.2, 0) is 9.59 Å². The Kier molecular flexibility index (Phi) is 4.52. The van der Waals surface area contributed by atoms with E-state index in [0.29, 0.717) is 5.56 Å². The Balaban J connectivity index is 2.09. The molecule has 110 valence electrons. The van der Waals surface area contributed by atoms with Crippen LogP contribution in [-0.4, -0.2) is 29.0 Å². The summed E-state index contributed by atoms with van der Waals surface area (Å²) in [6, 6.07) is 6.97. The van der Waals surface area contributed by atoms with Gasteiger partial charge in [-0.25, -0.2) is 0 Å². The zero-order chi connectivity index (χ0) is 15.4. The molecule has 21 heavy (non-hydrogen) atoms. The summed E-state index contributed by atoms with van der Waals surface area (Å²) in [5.41, 5.74) is 2.09. The first kappa shape index (κ1) is 15.0. The number of likely N-dealkylation sites (tertiary alicyclic amines) is 1. The molecular formula is C16H18N2O3. The molecule has 1 heterocycles. The standard InChI is InChI=1S/C16H18N2O3/c1-3-11(2)17-13-6-4-5-12(9-13)14(19)10-18-15(20)7-8-16(18)21/h4-6,9,17H,2-3,7-8,10H2,1H3. The fourth-order valence-corrected chi connectivity index (χ4v) is 2.10. The van der Waals surface area contributed by atoms with Crippen molar-refractivity contribution in [2.75, 3.05) is 11.9 Å². The van der Waals surface area contributed by atoms with Gasteiger partial charge >= 0.3 is 0 Å².